The number of benzene rings is 2. The predicted octanol–water partition coefficient (Wildman–Crippen LogP) is 5.02. The van der Waals surface area contributed by atoms with Crippen LogP contribution in [0, 0.1) is 11.3 Å². The second kappa shape index (κ2) is 8.26. The van der Waals surface area contributed by atoms with Crippen molar-refractivity contribution in [1.82, 2.24) is 0 Å². The van der Waals surface area contributed by atoms with Gasteiger partial charge in [-0.1, -0.05) is 23.2 Å². The van der Waals surface area contributed by atoms with Gasteiger partial charge >= 0.3 is 0 Å². The summed E-state index contributed by atoms with van der Waals surface area (Å²) < 4.78 is 5.41. The highest BCUT2D eigenvalue weighted by atomic mass is 79.9. The number of hydrogen-bond acceptors (Lipinski definition) is 4. The van der Waals surface area contributed by atoms with E-state index >= 15 is 0 Å². The van der Waals surface area contributed by atoms with E-state index in [2.05, 4.69) is 21.2 Å². The molecule has 0 aliphatic carbocycles. The highest BCUT2D eigenvalue weighted by Gasteiger charge is 2.13. The number of hydrogen-bond donors (Lipinski definition) is 2. The minimum Gasteiger partial charge on any atom is -0.503 e. The Morgan fingerprint density at radius 1 is 1.36 bits per heavy atom. The molecular formula is C17H11BrCl2N2O3. The van der Waals surface area contributed by atoms with E-state index in [4.69, 9.17) is 27.9 Å². The topological polar surface area (TPSA) is 82.3 Å². The van der Waals surface area contributed by atoms with Crippen LogP contribution >= 0.6 is 39.1 Å². The van der Waals surface area contributed by atoms with Gasteiger partial charge < -0.3 is 15.2 Å². The molecule has 0 atom stereocenters. The molecule has 0 spiro atoms. The maximum Gasteiger partial charge on any atom is 0.266 e. The van der Waals surface area contributed by atoms with Gasteiger partial charge in [-0.05, 0) is 57.9 Å². The van der Waals surface area contributed by atoms with Crippen LogP contribution in [0.15, 0.2) is 40.4 Å². The summed E-state index contributed by atoms with van der Waals surface area (Å²) in [5.74, 6) is -0.496. The molecule has 25 heavy (non-hydrogen) atoms. The Labute approximate surface area is 162 Å². The third-order valence-electron chi connectivity index (χ3n) is 3.13. The quantitative estimate of drug-likeness (QED) is 0.515. The number of halogens is 3. The van der Waals surface area contributed by atoms with Crippen LogP contribution in [0.1, 0.15) is 5.56 Å². The molecule has 5 nitrogen and oxygen atoms in total. The average molecular weight is 442 g/mol. The van der Waals surface area contributed by atoms with Crippen molar-refractivity contribution in [1.29, 1.82) is 5.26 Å². The van der Waals surface area contributed by atoms with Crippen LogP contribution in [0.3, 0.4) is 0 Å². The first kappa shape index (κ1) is 19.1. The number of phenolic OH excluding ortho intramolecular Hbond substituents is 1. The monoisotopic (exact) mass is 440 g/mol. The number of aromatic hydroxyl groups is 1. The lowest BCUT2D eigenvalue weighted by Crippen LogP contribution is -2.13. The number of nitrogens with one attached hydrogen (secondary N) is 1. The molecule has 2 N–H and O–H groups in total. The summed E-state index contributed by atoms with van der Waals surface area (Å²) in [6.45, 7) is 0. The second-order valence-electron chi connectivity index (χ2n) is 4.80. The van der Waals surface area contributed by atoms with Gasteiger partial charge in [0.1, 0.15) is 11.6 Å². The first-order valence-corrected chi connectivity index (χ1v) is 8.35. The zero-order valence-electron chi connectivity index (χ0n) is 12.8. The van der Waals surface area contributed by atoms with Crippen molar-refractivity contribution in [3.05, 3.63) is 56.0 Å². The third-order valence-corrected chi connectivity index (χ3v) is 4.28. The first-order valence-electron chi connectivity index (χ1n) is 6.80. The number of methoxy groups -OCH3 is 1. The number of carbonyl (C=O) groups is 1. The maximum absolute atomic E-state index is 12.3. The summed E-state index contributed by atoms with van der Waals surface area (Å²) >= 11 is 15.0. The molecule has 0 saturated carbocycles. The number of amides is 1. The van der Waals surface area contributed by atoms with E-state index < -0.39 is 5.91 Å². The molecular weight excluding hydrogens is 431 g/mol. The van der Waals surface area contributed by atoms with Crippen molar-refractivity contribution in [2.75, 3.05) is 12.4 Å². The molecule has 0 aliphatic heterocycles. The van der Waals surface area contributed by atoms with Crippen LogP contribution in [0.2, 0.25) is 10.0 Å². The highest BCUT2D eigenvalue weighted by Crippen LogP contribution is 2.35. The van der Waals surface area contributed by atoms with E-state index in [0.717, 1.165) is 0 Å². The Morgan fingerprint density at radius 3 is 2.68 bits per heavy atom. The largest absolute Gasteiger partial charge is 0.503 e. The fraction of sp³-hybridized carbons (Fsp3) is 0.0588. The molecule has 0 bridgehead atoms. The van der Waals surface area contributed by atoms with Gasteiger partial charge in [-0.15, -0.1) is 0 Å². The molecule has 0 radical (unpaired) electrons. The van der Waals surface area contributed by atoms with E-state index in [1.54, 1.807) is 12.1 Å². The Kier molecular flexibility index (Phi) is 6.32. The number of nitriles is 1. The standard InChI is InChI=1S/C17H11BrCl2N2O3/c1-25-15-6-9(5-12(18)16(15)23)4-10(8-21)17(24)22-14-3-2-11(19)7-13(14)20/h2-7,23H,1H3,(H,22,24)/b10-4+. The molecule has 2 aromatic carbocycles. The Balaban J connectivity index is 2.32. The fourth-order valence-electron chi connectivity index (χ4n) is 1.93. The molecule has 1 amide bonds. The van der Waals surface area contributed by atoms with Gasteiger partial charge in [0.05, 0.1) is 22.3 Å². The van der Waals surface area contributed by atoms with Crippen LogP contribution in [0.25, 0.3) is 6.08 Å². The summed E-state index contributed by atoms with van der Waals surface area (Å²) in [5, 5.41) is 22.3. The van der Waals surface area contributed by atoms with Crippen molar-refractivity contribution in [2.24, 2.45) is 0 Å². The second-order valence-corrected chi connectivity index (χ2v) is 6.50. The lowest BCUT2D eigenvalue weighted by atomic mass is 10.1. The summed E-state index contributed by atoms with van der Waals surface area (Å²) in [6.07, 6.45) is 1.37. The van der Waals surface area contributed by atoms with Crippen LogP contribution in [0.4, 0.5) is 5.69 Å². The lowest BCUT2D eigenvalue weighted by molar-refractivity contribution is -0.112. The first-order chi connectivity index (χ1) is 11.8. The van der Waals surface area contributed by atoms with Crippen molar-refractivity contribution >= 4 is 56.8 Å². The SMILES string of the molecule is COc1cc(/C=C(\C#N)C(=O)Nc2ccc(Cl)cc2Cl)cc(Br)c1O. The van der Waals surface area contributed by atoms with Gasteiger partial charge in [0, 0.05) is 5.02 Å². The number of nitrogens with zero attached hydrogens (tertiary/aromatic N) is 1. The fourth-order valence-corrected chi connectivity index (χ4v) is 2.84. The van der Waals surface area contributed by atoms with Crippen LogP contribution in [-0.2, 0) is 4.79 Å². The van der Waals surface area contributed by atoms with E-state index in [1.807, 2.05) is 6.07 Å². The van der Waals surface area contributed by atoms with Crippen molar-refractivity contribution in [3.8, 4) is 17.6 Å². The Bertz CT molecular complexity index is 907. The molecule has 2 rings (SSSR count). The third kappa shape index (κ3) is 4.67. The molecule has 128 valence electrons. The average Bonchev–Trinajstić information content (AvgIpc) is 2.57. The van der Waals surface area contributed by atoms with Gasteiger partial charge in [-0.25, -0.2) is 0 Å². The zero-order chi connectivity index (χ0) is 18.6. The highest BCUT2D eigenvalue weighted by molar-refractivity contribution is 9.10. The van der Waals surface area contributed by atoms with Gasteiger partial charge in [-0.2, -0.15) is 5.26 Å². The summed E-state index contributed by atoms with van der Waals surface area (Å²) in [7, 11) is 1.40. The van der Waals surface area contributed by atoms with Crippen LogP contribution in [-0.4, -0.2) is 18.1 Å². The summed E-state index contributed by atoms with van der Waals surface area (Å²) in [5.41, 5.74) is 0.683. The van der Waals surface area contributed by atoms with Gasteiger partial charge in [0.15, 0.2) is 11.5 Å². The molecule has 0 aromatic heterocycles. The Hall–Kier alpha value is -2.20. The molecule has 0 fully saturated rings. The van der Waals surface area contributed by atoms with Crippen LogP contribution in [0.5, 0.6) is 11.5 Å². The lowest BCUT2D eigenvalue weighted by Gasteiger charge is -2.08. The van der Waals surface area contributed by atoms with E-state index in [-0.39, 0.29) is 22.1 Å². The van der Waals surface area contributed by atoms with Gasteiger partial charge in [-0.3, -0.25) is 4.79 Å². The minimum absolute atomic E-state index is 0.0736. The smallest absolute Gasteiger partial charge is 0.266 e. The number of phenols is 1. The Morgan fingerprint density at radius 2 is 2.08 bits per heavy atom. The van der Waals surface area contributed by atoms with Gasteiger partial charge in [0.2, 0.25) is 0 Å². The normalized spacial score (nSPS) is 10.9. The van der Waals surface area contributed by atoms with Crippen molar-refractivity contribution < 1.29 is 14.6 Å². The number of rotatable bonds is 4. The van der Waals surface area contributed by atoms with E-state index in [9.17, 15) is 15.2 Å². The number of anilines is 1. The molecule has 0 unspecified atom stereocenters. The predicted molar refractivity (Wildman–Crippen MR) is 101 cm³/mol. The number of carbonyl (C=O) groups excluding carboxylic acids is 1. The zero-order valence-corrected chi connectivity index (χ0v) is 15.9. The van der Waals surface area contributed by atoms with Crippen molar-refractivity contribution in [3.63, 3.8) is 0 Å². The summed E-state index contributed by atoms with van der Waals surface area (Å²) in [6, 6.07) is 9.48. The van der Waals surface area contributed by atoms with Gasteiger partial charge in [0.25, 0.3) is 5.91 Å². The molecule has 0 saturated heterocycles. The molecule has 8 heteroatoms. The van der Waals surface area contributed by atoms with Crippen molar-refractivity contribution in [2.45, 2.75) is 0 Å². The number of ether oxygens (including phenoxy) is 1. The molecule has 0 aliphatic rings. The molecule has 2 aromatic rings. The maximum atomic E-state index is 12.3. The minimum atomic E-state index is -0.630. The summed E-state index contributed by atoms with van der Waals surface area (Å²) in [4.78, 5) is 12.3. The van der Waals surface area contributed by atoms with Crippen LogP contribution < -0.4 is 10.1 Å². The molecule has 0 heterocycles. The van der Waals surface area contributed by atoms with E-state index in [0.29, 0.717) is 20.7 Å². The van der Waals surface area contributed by atoms with E-state index in [1.165, 1.54) is 31.4 Å².